The van der Waals surface area contributed by atoms with Gasteiger partial charge in [-0.15, -0.1) is 11.8 Å². The smallest absolute Gasteiger partial charge is 0.126 e. The third kappa shape index (κ3) is 4.45. The number of hydrogen-bond donors (Lipinski definition) is 0. The van der Waals surface area contributed by atoms with Crippen LogP contribution in [0.5, 0.6) is 5.75 Å². The number of benzene rings is 1. The van der Waals surface area contributed by atoms with Gasteiger partial charge in [0.25, 0.3) is 0 Å². The lowest BCUT2D eigenvalue weighted by molar-refractivity contribution is 0.343. The Morgan fingerprint density at radius 3 is 2.86 bits per heavy atom. The molecule has 0 unspecified atom stereocenters. The Hall–Kier alpha value is -1.58. The molecule has 1 aromatic carbocycles. The largest absolute Gasteiger partial charge is 0.493 e. The Labute approximate surface area is 136 Å². The van der Waals surface area contributed by atoms with Gasteiger partial charge in [0.05, 0.1) is 12.3 Å². The first-order valence-electron chi connectivity index (χ1n) is 6.36. The standard InChI is InChI=1S/C15H14BrN3OS/c1-10-14(9-17)15(19-11(2)18-10)21-7-6-20-13-5-3-4-12(16)8-13/h3-5,8H,6-7H2,1-2H3. The second kappa shape index (κ2) is 7.43. The number of nitriles is 1. The Morgan fingerprint density at radius 1 is 1.33 bits per heavy atom. The van der Waals surface area contributed by atoms with Gasteiger partial charge in [0, 0.05) is 10.2 Å². The third-order valence-electron chi connectivity index (χ3n) is 2.67. The predicted molar refractivity (Wildman–Crippen MR) is 86.6 cm³/mol. The number of nitrogens with zero attached hydrogens (tertiary/aromatic N) is 3. The van der Waals surface area contributed by atoms with Crippen LogP contribution in [0.2, 0.25) is 0 Å². The summed E-state index contributed by atoms with van der Waals surface area (Å²) in [6.45, 7) is 4.21. The van der Waals surface area contributed by atoms with Crippen LogP contribution in [0.15, 0.2) is 33.8 Å². The summed E-state index contributed by atoms with van der Waals surface area (Å²) in [5.74, 6) is 2.22. The second-order valence-corrected chi connectivity index (χ2v) is 6.30. The fourth-order valence-electron chi connectivity index (χ4n) is 1.77. The third-order valence-corrected chi connectivity index (χ3v) is 4.10. The maximum Gasteiger partial charge on any atom is 0.126 e. The summed E-state index contributed by atoms with van der Waals surface area (Å²) in [5.41, 5.74) is 1.27. The Morgan fingerprint density at radius 2 is 2.14 bits per heavy atom. The summed E-state index contributed by atoms with van der Waals surface area (Å²) in [4.78, 5) is 8.54. The van der Waals surface area contributed by atoms with Crippen LogP contribution in [0.25, 0.3) is 0 Å². The fraction of sp³-hybridized carbons (Fsp3) is 0.267. The molecule has 0 fully saturated rings. The van der Waals surface area contributed by atoms with Crippen molar-refractivity contribution in [3.63, 3.8) is 0 Å². The molecule has 0 atom stereocenters. The number of ether oxygens (including phenoxy) is 1. The first-order chi connectivity index (χ1) is 10.1. The van der Waals surface area contributed by atoms with Crippen LogP contribution in [0.4, 0.5) is 0 Å². The molecule has 0 saturated heterocycles. The molecule has 6 heteroatoms. The van der Waals surface area contributed by atoms with Gasteiger partial charge in [-0.25, -0.2) is 9.97 Å². The topological polar surface area (TPSA) is 58.8 Å². The van der Waals surface area contributed by atoms with Crippen LogP contribution in [0, 0.1) is 25.2 Å². The molecule has 2 aromatic rings. The minimum Gasteiger partial charge on any atom is -0.493 e. The van der Waals surface area contributed by atoms with E-state index in [-0.39, 0.29) is 0 Å². The average molecular weight is 364 g/mol. The molecule has 0 amide bonds. The van der Waals surface area contributed by atoms with Crippen molar-refractivity contribution >= 4 is 27.7 Å². The zero-order valence-electron chi connectivity index (χ0n) is 11.8. The average Bonchev–Trinajstić information content (AvgIpc) is 2.43. The van der Waals surface area contributed by atoms with Gasteiger partial charge in [0.1, 0.15) is 28.2 Å². The van der Waals surface area contributed by atoms with Crippen LogP contribution in [0.3, 0.4) is 0 Å². The second-order valence-electron chi connectivity index (χ2n) is 4.30. The van der Waals surface area contributed by atoms with E-state index in [9.17, 15) is 5.26 Å². The van der Waals surface area contributed by atoms with Crippen LogP contribution >= 0.6 is 27.7 Å². The zero-order valence-corrected chi connectivity index (χ0v) is 14.2. The highest BCUT2D eigenvalue weighted by molar-refractivity contribution is 9.10. The number of thioether (sulfide) groups is 1. The lowest BCUT2D eigenvalue weighted by atomic mass is 10.3. The van der Waals surface area contributed by atoms with Crippen LogP contribution in [0.1, 0.15) is 17.1 Å². The van der Waals surface area contributed by atoms with Crippen LogP contribution in [-0.2, 0) is 0 Å². The number of aryl methyl sites for hydroxylation is 2. The van der Waals surface area contributed by atoms with Crippen molar-refractivity contribution in [1.29, 1.82) is 5.26 Å². The van der Waals surface area contributed by atoms with Crippen molar-refractivity contribution in [3.8, 4) is 11.8 Å². The number of rotatable bonds is 5. The summed E-state index contributed by atoms with van der Waals surface area (Å²) >= 11 is 4.92. The molecule has 108 valence electrons. The van der Waals surface area contributed by atoms with E-state index in [0.717, 1.165) is 26.7 Å². The van der Waals surface area contributed by atoms with Crippen LogP contribution in [-0.4, -0.2) is 22.3 Å². The van der Waals surface area contributed by atoms with E-state index >= 15 is 0 Å². The molecule has 0 saturated carbocycles. The van der Waals surface area contributed by atoms with Crippen molar-refractivity contribution in [2.24, 2.45) is 0 Å². The number of hydrogen-bond acceptors (Lipinski definition) is 5. The Kier molecular flexibility index (Phi) is 5.59. The van der Waals surface area contributed by atoms with E-state index in [1.807, 2.05) is 38.1 Å². The van der Waals surface area contributed by atoms with E-state index < -0.39 is 0 Å². The molecule has 0 aliphatic rings. The Balaban J connectivity index is 1.94. The normalized spacial score (nSPS) is 10.2. The summed E-state index contributed by atoms with van der Waals surface area (Å²) in [6, 6.07) is 9.88. The van der Waals surface area contributed by atoms with Gasteiger partial charge in [0.15, 0.2) is 0 Å². The van der Waals surface area contributed by atoms with Gasteiger partial charge in [-0.3, -0.25) is 0 Å². The van der Waals surface area contributed by atoms with E-state index in [4.69, 9.17) is 4.74 Å². The predicted octanol–water partition coefficient (Wildman–Crippen LogP) is 3.90. The molecule has 0 aliphatic carbocycles. The molecule has 1 aromatic heterocycles. The highest BCUT2D eigenvalue weighted by Crippen LogP contribution is 2.23. The van der Waals surface area contributed by atoms with Crippen LogP contribution < -0.4 is 4.74 Å². The molecule has 0 bridgehead atoms. The SMILES string of the molecule is Cc1nc(C)c(C#N)c(SCCOc2cccc(Br)c2)n1. The molecule has 4 nitrogen and oxygen atoms in total. The minimum absolute atomic E-state index is 0.549. The van der Waals surface area contributed by atoms with Gasteiger partial charge in [-0.05, 0) is 32.0 Å². The minimum atomic E-state index is 0.549. The first kappa shape index (κ1) is 15.8. The van der Waals surface area contributed by atoms with Gasteiger partial charge in [-0.1, -0.05) is 22.0 Å². The van der Waals surface area contributed by atoms with E-state index in [1.165, 1.54) is 11.8 Å². The summed E-state index contributed by atoms with van der Waals surface area (Å²) < 4.78 is 6.65. The van der Waals surface area contributed by atoms with Crippen molar-refractivity contribution in [3.05, 3.63) is 45.8 Å². The molecule has 1 heterocycles. The van der Waals surface area contributed by atoms with Crippen molar-refractivity contribution in [1.82, 2.24) is 9.97 Å². The van der Waals surface area contributed by atoms with E-state index in [1.54, 1.807) is 0 Å². The Bertz CT molecular complexity index is 685. The maximum absolute atomic E-state index is 9.18. The molecule has 0 radical (unpaired) electrons. The summed E-state index contributed by atoms with van der Waals surface area (Å²) in [7, 11) is 0. The number of aromatic nitrogens is 2. The highest BCUT2D eigenvalue weighted by atomic mass is 79.9. The van der Waals surface area contributed by atoms with Crippen molar-refractivity contribution < 1.29 is 4.74 Å². The van der Waals surface area contributed by atoms with Gasteiger partial charge >= 0.3 is 0 Å². The van der Waals surface area contributed by atoms with Gasteiger partial charge in [0.2, 0.25) is 0 Å². The van der Waals surface area contributed by atoms with Gasteiger partial charge < -0.3 is 4.74 Å². The number of halogens is 1. The lowest BCUT2D eigenvalue weighted by Gasteiger charge is -2.08. The molecule has 0 N–H and O–H groups in total. The maximum atomic E-state index is 9.18. The highest BCUT2D eigenvalue weighted by Gasteiger charge is 2.10. The zero-order chi connectivity index (χ0) is 15.2. The van der Waals surface area contributed by atoms with Gasteiger partial charge in [-0.2, -0.15) is 5.26 Å². The summed E-state index contributed by atoms with van der Waals surface area (Å²) in [6.07, 6.45) is 0. The molecule has 0 aliphatic heterocycles. The summed E-state index contributed by atoms with van der Waals surface area (Å²) in [5, 5.41) is 9.90. The quantitative estimate of drug-likeness (QED) is 0.458. The molecular formula is C15H14BrN3OS. The van der Waals surface area contributed by atoms with E-state index in [2.05, 4.69) is 32.0 Å². The molecule has 2 rings (SSSR count). The molecule has 21 heavy (non-hydrogen) atoms. The first-order valence-corrected chi connectivity index (χ1v) is 8.14. The lowest BCUT2D eigenvalue weighted by Crippen LogP contribution is -2.03. The molecule has 0 spiro atoms. The van der Waals surface area contributed by atoms with E-state index in [0.29, 0.717) is 18.0 Å². The fourth-order valence-corrected chi connectivity index (χ4v) is 3.04. The monoisotopic (exact) mass is 363 g/mol. The molecular weight excluding hydrogens is 350 g/mol. The van der Waals surface area contributed by atoms with Crippen molar-refractivity contribution in [2.45, 2.75) is 18.9 Å². The van der Waals surface area contributed by atoms with Crippen molar-refractivity contribution in [2.75, 3.05) is 12.4 Å².